The monoisotopic (exact) mass is 394 g/mol. The first kappa shape index (κ1) is 19.4. The molecule has 1 aromatic carbocycles. The SMILES string of the molecule is C[C@@H]1CCC[NH+]([C@@H](c2cccc(C(F)(F)F)c2)c2nnnn2C2CCCC2)C1. The number of aromatic nitrogens is 4. The Balaban J connectivity index is 1.76. The maximum absolute atomic E-state index is 13.4. The van der Waals surface area contributed by atoms with Gasteiger partial charge >= 0.3 is 6.18 Å². The van der Waals surface area contributed by atoms with Crippen molar-refractivity contribution in [1.29, 1.82) is 0 Å². The minimum atomic E-state index is -4.36. The van der Waals surface area contributed by atoms with Crippen molar-refractivity contribution in [2.75, 3.05) is 13.1 Å². The van der Waals surface area contributed by atoms with E-state index in [1.807, 2.05) is 4.68 Å². The molecule has 1 saturated carbocycles. The number of alkyl halides is 3. The molecule has 0 radical (unpaired) electrons. The molecule has 1 saturated heterocycles. The highest BCUT2D eigenvalue weighted by molar-refractivity contribution is 5.30. The Morgan fingerprint density at radius 1 is 1.14 bits per heavy atom. The van der Waals surface area contributed by atoms with Crippen molar-refractivity contribution in [1.82, 2.24) is 20.2 Å². The third kappa shape index (κ3) is 3.92. The van der Waals surface area contributed by atoms with Crippen molar-refractivity contribution in [3.8, 4) is 0 Å². The van der Waals surface area contributed by atoms with Gasteiger partial charge in [0.15, 0.2) is 6.04 Å². The lowest BCUT2D eigenvalue weighted by atomic mass is 9.94. The molecule has 28 heavy (non-hydrogen) atoms. The van der Waals surface area contributed by atoms with Crippen molar-refractivity contribution in [2.45, 2.75) is 63.7 Å². The number of hydrogen-bond acceptors (Lipinski definition) is 3. The van der Waals surface area contributed by atoms with Crippen LogP contribution in [0.1, 0.15) is 74.5 Å². The van der Waals surface area contributed by atoms with Crippen LogP contribution in [0.4, 0.5) is 13.2 Å². The molecule has 1 aliphatic carbocycles. The van der Waals surface area contributed by atoms with Crippen molar-refractivity contribution < 1.29 is 18.1 Å². The molecule has 1 unspecified atom stereocenters. The van der Waals surface area contributed by atoms with Gasteiger partial charge in [-0.15, -0.1) is 5.10 Å². The summed E-state index contributed by atoms with van der Waals surface area (Å²) >= 11 is 0. The molecule has 152 valence electrons. The van der Waals surface area contributed by atoms with Crippen LogP contribution in [0.5, 0.6) is 0 Å². The highest BCUT2D eigenvalue weighted by Crippen LogP contribution is 2.34. The third-order valence-electron chi connectivity index (χ3n) is 6.21. The summed E-state index contributed by atoms with van der Waals surface area (Å²) in [6, 6.07) is 5.68. The van der Waals surface area contributed by atoms with Gasteiger partial charge in [0, 0.05) is 11.5 Å². The molecule has 4 rings (SSSR count). The molecule has 5 nitrogen and oxygen atoms in total. The van der Waals surface area contributed by atoms with Crippen LogP contribution in [0.25, 0.3) is 0 Å². The fourth-order valence-corrected chi connectivity index (χ4v) is 4.85. The van der Waals surface area contributed by atoms with Crippen molar-refractivity contribution in [3.05, 3.63) is 41.2 Å². The zero-order valence-electron chi connectivity index (χ0n) is 16.1. The van der Waals surface area contributed by atoms with Gasteiger partial charge < -0.3 is 4.90 Å². The van der Waals surface area contributed by atoms with E-state index in [1.54, 1.807) is 6.07 Å². The summed E-state index contributed by atoms with van der Waals surface area (Å²) in [6.07, 6.45) is 2.21. The predicted octanol–water partition coefficient (Wildman–Crippen LogP) is 3.21. The Morgan fingerprint density at radius 3 is 2.64 bits per heavy atom. The lowest BCUT2D eigenvalue weighted by molar-refractivity contribution is -0.934. The molecular weight excluding hydrogens is 367 g/mol. The van der Waals surface area contributed by atoms with E-state index in [1.165, 1.54) is 17.0 Å². The van der Waals surface area contributed by atoms with Gasteiger partial charge in [0.05, 0.1) is 24.7 Å². The Kier molecular flexibility index (Phi) is 5.40. The van der Waals surface area contributed by atoms with E-state index in [9.17, 15) is 13.2 Å². The summed E-state index contributed by atoms with van der Waals surface area (Å²) in [4.78, 5) is 1.26. The Labute approximate surface area is 162 Å². The van der Waals surface area contributed by atoms with Crippen LogP contribution in [0.3, 0.4) is 0 Å². The number of hydrogen-bond donors (Lipinski definition) is 1. The predicted molar refractivity (Wildman–Crippen MR) is 97.7 cm³/mol. The molecule has 2 aliphatic rings. The molecule has 0 bridgehead atoms. The molecule has 3 atom stereocenters. The van der Waals surface area contributed by atoms with Crippen molar-refractivity contribution in [3.63, 3.8) is 0 Å². The maximum atomic E-state index is 13.4. The van der Waals surface area contributed by atoms with Crippen molar-refractivity contribution >= 4 is 0 Å². The second kappa shape index (κ2) is 7.81. The number of nitrogens with zero attached hydrogens (tertiary/aromatic N) is 4. The first-order chi connectivity index (χ1) is 13.4. The van der Waals surface area contributed by atoms with E-state index in [-0.39, 0.29) is 12.1 Å². The molecule has 0 spiro atoms. The quantitative estimate of drug-likeness (QED) is 0.866. The number of benzene rings is 1. The second-order valence-corrected chi connectivity index (χ2v) is 8.34. The molecule has 0 amide bonds. The van der Waals surface area contributed by atoms with Crippen LogP contribution in [-0.4, -0.2) is 33.3 Å². The number of rotatable bonds is 4. The topological polar surface area (TPSA) is 48.0 Å². The summed E-state index contributed by atoms with van der Waals surface area (Å²) in [7, 11) is 0. The molecule has 1 N–H and O–H groups in total. The van der Waals surface area contributed by atoms with Crippen LogP contribution in [0, 0.1) is 5.92 Å². The van der Waals surface area contributed by atoms with Gasteiger partial charge in [-0.05, 0) is 48.2 Å². The Hall–Kier alpha value is -1.96. The van der Waals surface area contributed by atoms with Gasteiger partial charge in [-0.3, -0.25) is 0 Å². The minimum absolute atomic E-state index is 0.250. The normalized spacial score (nSPS) is 25.1. The van der Waals surface area contributed by atoms with Gasteiger partial charge in [0.1, 0.15) is 0 Å². The van der Waals surface area contributed by atoms with E-state index in [0.29, 0.717) is 17.3 Å². The molecule has 1 aliphatic heterocycles. The van der Waals surface area contributed by atoms with E-state index in [2.05, 4.69) is 22.4 Å². The van der Waals surface area contributed by atoms with Crippen LogP contribution >= 0.6 is 0 Å². The van der Waals surface area contributed by atoms with Crippen LogP contribution < -0.4 is 4.90 Å². The van der Waals surface area contributed by atoms with Crippen LogP contribution in [0.2, 0.25) is 0 Å². The highest BCUT2D eigenvalue weighted by Gasteiger charge is 2.38. The van der Waals surface area contributed by atoms with E-state index < -0.39 is 11.7 Å². The lowest BCUT2D eigenvalue weighted by Crippen LogP contribution is -3.14. The van der Waals surface area contributed by atoms with E-state index in [4.69, 9.17) is 0 Å². The first-order valence-electron chi connectivity index (χ1n) is 10.2. The lowest BCUT2D eigenvalue weighted by Gasteiger charge is -2.34. The molecule has 8 heteroatoms. The highest BCUT2D eigenvalue weighted by atomic mass is 19.4. The smallest absolute Gasteiger partial charge is 0.322 e. The van der Waals surface area contributed by atoms with Gasteiger partial charge in [-0.2, -0.15) is 13.2 Å². The largest absolute Gasteiger partial charge is 0.416 e. The maximum Gasteiger partial charge on any atom is 0.416 e. The number of quaternary nitrogens is 1. The van der Waals surface area contributed by atoms with Gasteiger partial charge in [-0.1, -0.05) is 31.9 Å². The number of halogens is 3. The first-order valence-corrected chi connectivity index (χ1v) is 10.2. The second-order valence-electron chi connectivity index (χ2n) is 8.34. The fraction of sp³-hybridized carbons (Fsp3) is 0.650. The summed E-state index contributed by atoms with van der Waals surface area (Å²) in [6.45, 7) is 4.05. The third-order valence-corrected chi connectivity index (χ3v) is 6.21. The van der Waals surface area contributed by atoms with Crippen LogP contribution in [0.15, 0.2) is 24.3 Å². The van der Waals surface area contributed by atoms with Crippen molar-refractivity contribution in [2.24, 2.45) is 5.92 Å². The van der Waals surface area contributed by atoms with Gasteiger partial charge in [0.2, 0.25) is 5.82 Å². The number of nitrogens with one attached hydrogen (secondary N) is 1. The molecule has 2 heterocycles. The minimum Gasteiger partial charge on any atom is -0.322 e. The number of tetrazole rings is 1. The molecule has 1 aromatic heterocycles. The standard InChI is InChI=1S/C20H26F3N5/c1-14-6-5-11-27(13-14)18(15-7-4-8-16(12-15)20(21,22)23)19-24-25-26-28(19)17-9-2-3-10-17/h4,7-8,12,14,17-18H,2-3,5-6,9-11,13H2,1H3/p+1/t14-,18+/m1/s1. The van der Waals surface area contributed by atoms with E-state index in [0.717, 1.165) is 57.7 Å². The summed E-state index contributed by atoms with van der Waals surface area (Å²) in [5.74, 6) is 1.24. The Bertz CT molecular complexity index is 797. The Morgan fingerprint density at radius 2 is 1.93 bits per heavy atom. The zero-order chi connectivity index (χ0) is 19.7. The number of piperidine rings is 1. The average molecular weight is 394 g/mol. The summed E-state index contributed by atoms with van der Waals surface area (Å²) in [5.41, 5.74) is 0.0346. The van der Waals surface area contributed by atoms with Crippen LogP contribution in [-0.2, 0) is 6.18 Å². The number of likely N-dealkylation sites (tertiary alicyclic amines) is 1. The van der Waals surface area contributed by atoms with Gasteiger partial charge in [0.25, 0.3) is 0 Å². The summed E-state index contributed by atoms with van der Waals surface area (Å²) < 4.78 is 41.9. The average Bonchev–Trinajstić information content (AvgIpc) is 3.33. The van der Waals surface area contributed by atoms with Gasteiger partial charge in [-0.25, -0.2) is 4.68 Å². The molecular formula is C20H27F3N5+. The van der Waals surface area contributed by atoms with E-state index >= 15 is 0 Å². The molecule has 2 fully saturated rings. The zero-order valence-corrected chi connectivity index (χ0v) is 16.1. The molecule has 2 aromatic rings. The fourth-order valence-electron chi connectivity index (χ4n) is 4.85. The summed E-state index contributed by atoms with van der Waals surface area (Å²) in [5, 5.41) is 12.5.